The van der Waals surface area contributed by atoms with E-state index in [4.69, 9.17) is 11.0 Å². The van der Waals surface area contributed by atoms with Crippen LogP contribution in [0.3, 0.4) is 0 Å². The van der Waals surface area contributed by atoms with Crippen LogP contribution < -0.4 is 5.73 Å². The second kappa shape index (κ2) is 4.25. The van der Waals surface area contributed by atoms with Crippen molar-refractivity contribution in [1.82, 2.24) is 4.98 Å². The molecule has 2 aromatic rings. The molecule has 1 saturated carbocycles. The van der Waals surface area contributed by atoms with Gasteiger partial charge in [0.2, 0.25) is 0 Å². The topological polar surface area (TPSA) is 62.7 Å². The van der Waals surface area contributed by atoms with E-state index >= 15 is 0 Å². The van der Waals surface area contributed by atoms with Gasteiger partial charge in [-0.25, -0.2) is 0 Å². The van der Waals surface area contributed by atoms with E-state index in [9.17, 15) is 0 Å². The summed E-state index contributed by atoms with van der Waals surface area (Å²) in [5.41, 5.74) is 9.55. The Hall–Kier alpha value is -2.18. The number of aromatic nitrogens is 1. The van der Waals surface area contributed by atoms with Gasteiger partial charge in [0.15, 0.2) is 0 Å². The summed E-state index contributed by atoms with van der Waals surface area (Å²) in [5.74, 6) is 0.483. The number of nitriles is 1. The van der Waals surface area contributed by atoms with E-state index < -0.39 is 0 Å². The van der Waals surface area contributed by atoms with Crippen molar-refractivity contribution in [2.75, 3.05) is 0 Å². The van der Waals surface area contributed by atoms with Gasteiger partial charge < -0.3 is 5.73 Å². The Labute approximate surface area is 106 Å². The summed E-state index contributed by atoms with van der Waals surface area (Å²) in [5, 5.41) is 8.88. The normalized spacial score (nSPS) is 21.3. The zero-order valence-electron chi connectivity index (χ0n) is 9.88. The zero-order chi connectivity index (χ0) is 12.5. The third-order valence-corrected chi connectivity index (χ3v) is 3.34. The maximum atomic E-state index is 8.88. The molecule has 1 aromatic heterocycles. The van der Waals surface area contributed by atoms with E-state index in [1.807, 2.05) is 30.5 Å². The molecule has 0 bridgehead atoms. The number of nitrogens with two attached hydrogens (primary N) is 1. The first kappa shape index (κ1) is 10.9. The highest BCUT2D eigenvalue weighted by atomic mass is 14.8. The van der Waals surface area contributed by atoms with Gasteiger partial charge in [-0.2, -0.15) is 5.26 Å². The number of nitrogens with zero attached hydrogens (tertiary/aromatic N) is 2. The van der Waals surface area contributed by atoms with E-state index in [0.717, 1.165) is 17.7 Å². The highest BCUT2D eigenvalue weighted by Crippen LogP contribution is 2.38. The molecule has 18 heavy (non-hydrogen) atoms. The lowest BCUT2D eigenvalue weighted by molar-refractivity contribution is 0.981. The van der Waals surface area contributed by atoms with Crippen molar-refractivity contribution < 1.29 is 0 Å². The van der Waals surface area contributed by atoms with Crippen molar-refractivity contribution in [2.24, 2.45) is 5.73 Å². The fourth-order valence-corrected chi connectivity index (χ4v) is 2.14. The monoisotopic (exact) mass is 235 g/mol. The molecule has 3 rings (SSSR count). The van der Waals surface area contributed by atoms with Crippen molar-refractivity contribution in [3.63, 3.8) is 0 Å². The molecule has 2 N–H and O–H groups in total. The van der Waals surface area contributed by atoms with E-state index in [2.05, 4.69) is 17.1 Å². The minimum Gasteiger partial charge on any atom is -0.327 e. The Morgan fingerprint density at radius 3 is 2.72 bits per heavy atom. The molecule has 0 saturated heterocycles. The lowest BCUT2D eigenvalue weighted by atomic mass is 10.1. The van der Waals surface area contributed by atoms with Gasteiger partial charge in [-0.3, -0.25) is 4.98 Å². The highest BCUT2D eigenvalue weighted by Gasteiger charge is 2.34. The van der Waals surface area contributed by atoms with Crippen molar-refractivity contribution in [1.29, 1.82) is 5.26 Å². The van der Waals surface area contributed by atoms with Gasteiger partial charge in [0.25, 0.3) is 0 Å². The molecule has 88 valence electrons. The molecule has 1 fully saturated rings. The molecule has 0 aliphatic heterocycles. The predicted octanol–water partition coefficient (Wildman–Crippen LogP) is 2.43. The van der Waals surface area contributed by atoms with Crippen molar-refractivity contribution >= 4 is 0 Å². The van der Waals surface area contributed by atoms with Crippen LogP contribution in [0.1, 0.15) is 23.5 Å². The van der Waals surface area contributed by atoms with Gasteiger partial charge in [-0.1, -0.05) is 18.2 Å². The molecule has 0 amide bonds. The Morgan fingerprint density at radius 2 is 2.11 bits per heavy atom. The van der Waals surface area contributed by atoms with Crippen LogP contribution in [0, 0.1) is 11.3 Å². The van der Waals surface area contributed by atoms with E-state index in [-0.39, 0.29) is 0 Å². The summed E-state index contributed by atoms with van der Waals surface area (Å²) in [7, 11) is 0. The van der Waals surface area contributed by atoms with Gasteiger partial charge in [0.1, 0.15) is 0 Å². The Balaban J connectivity index is 1.90. The van der Waals surface area contributed by atoms with E-state index in [1.54, 1.807) is 6.07 Å². The quantitative estimate of drug-likeness (QED) is 0.869. The summed E-state index contributed by atoms with van der Waals surface area (Å²) in [4.78, 5) is 4.46. The number of benzene rings is 1. The smallest absolute Gasteiger partial charge is 0.0991 e. The second-order valence-electron chi connectivity index (χ2n) is 4.68. The maximum Gasteiger partial charge on any atom is 0.0991 e. The number of hydrogen-bond donors (Lipinski definition) is 1. The van der Waals surface area contributed by atoms with Gasteiger partial charge in [-0.15, -0.1) is 0 Å². The van der Waals surface area contributed by atoms with Crippen LogP contribution in [0.15, 0.2) is 42.6 Å². The second-order valence-corrected chi connectivity index (χ2v) is 4.68. The summed E-state index contributed by atoms with van der Waals surface area (Å²) >= 11 is 0. The molecule has 3 heteroatoms. The van der Waals surface area contributed by atoms with E-state index in [1.165, 1.54) is 5.56 Å². The summed E-state index contributed by atoms with van der Waals surface area (Å²) in [6.07, 6.45) is 2.96. The Bertz CT molecular complexity index is 610. The van der Waals surface area contributed by atoms with Crippen molar-refractivity contribution in [3.8, 4) is 17.3 Å². The SMILES string of the molecule is N#Cc1cccc(-c2ccc(C3C[C@@H]3N)cn2)c1. The molecule has 1 aromatic carbocycles. The number of pyridine rings is 1. The first-order chi connectivity index (χ1) is 8.78. The van der Waals surface area contributed by atoms with Gasteiger partial charge in [0.05, 0.1) is 17.3 Å². The number of hydrogen-bond acceptors (Lipinski definition) is 3. The molecule has 1 unspecified atom stereocenters. The molecule has 3 nitrogen and oxygen atoms in total. The lowest BCUT2D eigenvalue weighted by Gasteiger charge is -2.03. The summed E-state index contributed by atoms with van der Waals surface area (Å²) in [6.45, 7) is 0. The highest BCUT2D eigenvalue weighted by molar-refractivity contribution is 5.61. The van der Waals surface area contributed by atoms with Gasteiger partial charge in [-0.05, 0) is 30.2 Å². The van der Waals surface area contributed by atoms with Gasteiger partial charge >= 0.3 is 0 Å². The molecule has 1 aliphatic rings. The standard InChI is InChI=1S/C15H13N3/c16-8-10-2-1-3-11(6-10)15-5-4-12(9-18-15)13-7-14(13)17/h1-6,9,13-14H,7,17H2/t13?,14-/m0/s1. The molecule has 0 spiro atoms. The minimum absolute atomic E-state index is 0.305. The first-order valence-electron chi connectivity index (χ1n) is 6.00. The van der Waals surface area contributed by atoms with Crippen molar-refractivity contribution in [2.45, 2.75) is 18.4 Å². The fourth-order valence-electron chi connectivity index (χ4n) is 2.14. The van der Waals surface area contributed by atoms with Crippen LogP contribution in [0.4, 0.5) is 0 Å². The first-order valence-corrected chi connectivity index (χ1v) is 6.00. The average molecular weight is 235 g/mol. The molecule has 1 heterocycles. The minimum atomic E-state index is 0.305. The maximum absolute atomic E-state index is 8.88. The summed E-state index contributed by atoms with van der Waals surface area (Å²) < 4.78 is 0. The number of rotatable bonds is 2. The van der Waals surface area contributed by atoms with E-state index in [0.29, 0.717) is 17.5 Å². The van der Waals surface area contributed by atoms with Crippen molar-refractivity contribution in [3.05, 3.63) is 53.7 Å². The lowest BCUT2D eigenvalue weighted by Crippen LogP contribution is -2.01. The Morgan fingerprint density at radius 1 is 1.28 bits per heavy atom. The third-order valence-electron chi connectivity index (χ3n) is 3.34. The molecular formula is C15H13N3. The van der Waals surface area contributed by atoms with Gasteiger partial charge in [0, 0.05) is 23.7 Å². The van der Waals surface area contributed by atoms with Crippen LogP contribution >= 0.6 is 0 Å². The average Bonchev–Trinajstić information content (AvgIpc) is 3.16. The van der Waals surface area contributed by atoms with Crippen LogP contribution in [0.25, 0.3) is 11.3 Å². The van der Waals surface area contributed by atoms with Crippen LogP contribution in [-0.2, 0) is 0 Å². The van der Waals surface area contributed by atoms with Crippen LogP contribution in [0.5, 0.6) is 0 Å². The largest absolute Gasteiger partial charge is 0.327 e. The fraction of sp³-hybridized carbons (Fsp3) is 0.200. The summed E-state index contributed by atoms with van der Waals surface area (Å²) in [6, 6.07) is 14.0. The van der Waals surface area contributed by atoms with Crippen LogP contribution in [-0.4, -0.2) is 11.0 Å². The molecule has 1 aliphatic carbocycles. The molecular weight excluding hydrogens is 222 g/mol. The molecule has 0 radical (unpaired) electrons. The Kier molecular flexibility index (Phi) is 2.58. The van der Waals surface area contributed by atoms with Crippen LogP contribution in [0.2, 0.25) is 0 Å². The third kappa shape index (κ3) is 1.99. The molecule has 2 atom stereocenters. The zero-order valence-corrected chi connectivity index (χ0v) is 9.88. The predicted molar refractivity (Wildman–Crippen MR) is 69.7 cm³/mol.